The van der Waals surface area contributed by atoms with Crippen LogP contribution >= 0.6 is 0 Å². The quantitative estimate of drug-likeness (QED) is 0.778. The van der Waals surface area contributed by atoms with Crippen molar-refractivity contribution in [1.29, 1.82) is 5.26 Å². The Balaban J connectivity index is 2.00. The molecule has 0 atom stereocenters. The molecule has 0 saturated heterocycles. The van der Waals surface area contributed by atoms with Crippen molar-refractivity contribution >= 4 is 5.82 Å². The van der Waals surface area contributed by atoms with Crippen LogP contribution in [0, 0.1) is 25.2 Å². The summed E-state index contributed by atoms with van der Waals surface area (Å²) in [6.45, 7) is 5.31. The van der Waals surface area contributed by atoms with E-state index in [2.05, 4.69) is 30.7 Å². The Labute approximate surface area is 117 Å². The summed E-state index contributed by atoms with van der Waals surface area (Å²) in [5.41, 5.74) is 4.65. The van der Waals surface area contributed by atoms with E-state index in [4.69, 9.17) is 0 Å². The van der Waals surface area contributed by atoms with Crippen LogP contribution in [0.15, 0.2) is 6.33 Å². The molecule has 0 aromatic carbocycles. The van der Waals surface area contributed by atoms with Crippen LogP contribution in [0.2, 0.25) is 0 Å². The van der Waals surface area contributed by atoms with Crippen molar-refractivity contribution in [2.24, 2.45) is 7.05 Å². The third-order valence-corrected chi connectivity index (χ3v) is 3.95. The van der Waals surface area contributed by atoms with Crippen molar-refractivity contribution < 1.29 is 0 Å². The summed E-state index contributed by atoms with van der Waals surface area (Å²) in [5, 5.41) is 17.8. The predicted octanol–water partition coefficient (Wildman–Crippen LogP) is 1.26. The van der Waals surface area contributed by atoms with E-state index in [0.717, 1.165) is 29.9 Å². The summed E-state index contributed by atoms with van der Waals surface area (Å²) >= 11 is 0. The first-order chi connectivity index (χ1) is 9.61. The lowest BCUT2D eigenvalue weighted by Gasteiger charge is -2.28. The predicted molar refractivity (Wildman–Crippen MR) is 74.2 cm³/mol. The zero-order valence-electron chi connectivity index (χ0n) is 11.9. The van der Waals surface area contributed by atoms with Crippen LogP contribution in [0.5, 0.6) is 0 Å². The Morgan fingerprint density at radius 3 is 2.85 bits per heavy atom. The highest BCUT2D eigenvalue weighted by Gasteiger charge is 2.24. The van der Waals surface area contributed by atoms with Gasteiger partial charge in [0.1, 0.15) is 11.6 Å². The summed E-state index contributed by atoms with van der Waals surface area (Å²) in [5.74, 6) is 0.673. The first-order valence-corrected chi connectivity index (χ1v) is 6.59. The molecule has 0 unspecified atom stereocenters. The number of aryl methyl sites for hydroxylation is 2. The van der Waals surface area contributed by atoms with E-state index in [-0.39, 0.29) is 0 Å². The minimum atomic E-state index is 0.622. The Bertz CT molecular complexity index is 709. The van der Waals surface area contributed by atoms with Crippen LogP contribution < -0.4 is 4.90 Å². The normalized spacial score (nSPS) is 14.0. The maximum Gasteiger partial charge on any atom is 0.169 e. The van der Waals surface area contributed by atoms with Crippen LogP contribution in [0.1, 0.15) is 28.2 Å². The molecule has 2 aromatic rings. The number of imidazole rings is 1. The molecule has 20 heavy (non-hydrogen) atoms. The number of fused-ring (bicyclic) bond motifs is 1. The summed E-state index contributed by atoms with van der Waals surface area (Å²) in [6.07, 6.45) is 2.75. The number of aromatic nitrogens is 4. The van der Waals surface area contributed by atoms with Crippen molar-refractivity contribution in [1.82, 2.24) is 19.7 Å². The van der Waals surface area contributed by atoms with E-state index in [0.29, 0.717) is 17.9 Å². The molecule has 0 bridgehead atoms. The van der Waals surface area contributed by atoms with Gasteiger partial charge in [-0.25, -0.2) is 4.98 Å². The molecule has 6 nitrogen and oxygen atoms in total. The third-order valence-electron chi connectivity index (χ3n) is 3.95. The highest BCUT2D eigenvalue weighted by atomic mass is 15.3. The highest BCUT2D eigenvalue weighted by Crippen LogP contribution is 2.26. The minimum Gasteiger partial charge on any atom is -0.348 e. The number of nitrogens with zero attached hydrogens (tertiary/aromatic N) is 6. The van der Waals surface area contributed by atoms with Gasteiger partial charge in [-0.05, 0) is 19.4 Å². The number of anilines is 1. The van der Waals surface area contributed by atoms with Gasteiger partial charge in [-0.15, -0.1) is 5.10 Å². The second kappa shape index (κ2) is 4.60. The second-order valence-electron chi connectivity index (χ2n) is 5.14. The van der Waals surface area contributed by atoms with Crippen molar-refractivity contribution in [3.05, 3.63) is 34.5 Å². The zero-order chi connectivity index (χ0) is 14.3. The molecular weight excluding hydrogens is 252 g/mol. The number of hydrogen-bond donors (Lipinski definition) is 0. The molecule has 2 aromatic heterocycles. The molecule has 0 aliphatic carbocycles. The molecular formula is C14H16N6. The van der Waals surface area contributed by atoms with Gasteiger partial charge < -0.3 is 9.47 Å². The highest BCUT2D eigenvalue weighted by molar-refractivity contribution is 5.58. The van der Waals surface area contributed by atoms with Crippen molar-refractivity contribution in [3.8, 4) is 6.07 Å². The van der Waals surface area contributed by atoms with Crippen molar-refractivity contribution in [2.45, 2.75) is 26.8 Å². The second-order valence-corrected chi connectivity index (χ2v) is 5.14. The van der Waals surface area contributed by atoms with Crippen LogP contribution in [-0.2, 0) is 20.0 Å². The smallest absolute Gasteiger partial charge is 0.169 e. The number of nitriles is 1. The Kier molecular flexibility index (Phi) is 2.90. The summed E-state index contributed by atoms with van der Waals surface area (Å²) < 4.78 is 2.06. The van der Waals surface area contributed by atoms with Gasteiger partial charge in [-0.2, -0.15) is 10.4 Å². The first kappa shape index (κ1) is 12.6. The van der Waals surface area contributed by atoms with Crippen molar-refractivity contribution in [3.63, 3.8) is 0 Å². The molecule has 3 rings (SSSR count). The van der Waals surface area contributed by atoms with E-state index < -0.39 is 0 Å². The number of hydrogen-bond acceptors (Lipinski definition) is 5. The van der Waals surface area contributed by atoms with E-state index in [9.17, 15) is 5.26 Å². The van der Waals surface area contributed by atoms with Gasteiger partial charge in [0.25, 0.3) is 0 Å². The molecule has 0 N–H and O–H groups in total. The zero-order valence-corrected chi connectivity index (χ0v) is 11.9. The van der Waals surface area contributed by atoms with Crippen LogP contribution in [0.25, 0.3) is 0 Å². The van der Waals surface area contributed by atoms with Crippen LogP contribution in [0.3, 0.4) is 0 Å². The molecule has 0 fully saturated rings. The maximum atomic E-state index is 9.39. The largest absolute Gasteiger partial charge is 0.348 e. The molecule has 0 spiro atoms. The molecule has 0 saturated carbocycles. The average Bonchev–Trinajstić information content (AvgIpc) is 2.82. The van der Waals surface area contributed by atoms with Gasteiger partial charge in [-0.3, -0.25) is 0 Å². The van der Waals surface area contributed by atoms with Crippen LogP contribution in [0.4, 0.5) is 5.82 Å². The van der Waals surface area contributed by atoms with Gasteiger partial charge in [0.2, 0.25) is 0 Å². The molecule has 102 valence electrons. The Hall–Kier alpha value is -2.42. The van der Waals surface area contributed by atoms with Gasteiger partial charge in [0.15, 0.2) is 5.82 Å². The van der Waals surface area contributed by atoms with E-state index in [1.807, 2.05) is 27.2 Å². The minimum absolute atomic E-state index is 0.622. The fourth-order valence-corrected chi connectivity index (χ4v) is 2.59. The fourth-order valence-electron chi connectivity index (χ4n) is 2.59. The lowest BCUT2D eigenvalue weighted by atomic mass is 10.1. The van der Waals surface area contributed by atoms with Gasteiger partial charge in [0.05, 0.1) is 24.3 Å². The summed E-state index contributed by atoms with van der Waals surface area (Å²) in [7, 11) is 2.01. The first-order valence-electron chi connectivity index (χ1n) is 6.59. The fraction of sp³-hybridized carbons (Fsp3) is 0.429. The maximum absolute atomic E-state index is 9.39. The molecule has 0 amide bonds. The van der Waals surface area contributed by atoms with E-state index >= 15 is 0 Å². The summed E-state index contributed by atoms with van der Waals surface area (Å²) in [4.78, 5) is 6.51. The van der Waals surface area contributed by atoms with E-state index in [1.165, 1.54) is 5.69 Å². The van der Waals surface area contributed by atoms with Crippen molar-refractivity contribution in [2.75, 3.05) is 11.4 Å². The van der Waals surface area contributed by atoms with Gasteiger partial charge >= 0.3 is 0 Å². The number of rotatable bonds is 1. The SMILES string of the molecule is Cc1nnc(N2CCc3c(ncn3C)C2)c(C#N)c1C. The van der Waals surface area contributed by atoms with Crippen LogP contribution in [-0.4, -0.2) is 26.3 Å². The molecule has 1 aliphatic rings. The molecule has 3 heterocycles. The molecule has 1 aliphatic heterocycles. The lowest BCUT2D eigenvalue weighted by molar-refractivity contribution is 0.669. The lowest BCUT2D eigenvalue weighted by Crippen LogP contribution is -2.32. The Morgan fingerprint density at radius 2 is 2.10 bits per heavy atom. The standard InChI is InChI=1S/C14H16N6/c1-9-10(2)17-18-14(11(9)6-15)20-5-4-13-12(7-20)16-8-19(13)3/h8H,4-5,7H2,1-3H3. The average molecular weight is 268 g/mol. The Morgan fingerprint density at radius 1 is 1.30 bits per heavy atom. The third kappa shape index (κ3) is 1.83. The van der Waals surface area contributed by atoms with E-state index in [1.54, 1.807) is 0 Å². The topological polar surface area (TPSA) is 70.6 Å². The summed E-state index contributed by atoms with van der Waals surface area (Å²) in [6, 6.07) is 2.26. The molecule has 0 radical (unpaired) electrons. The monoisotopic (exact) mass is 268 g/mol. The van der Waals surface area contributed by atoms with Gasteiger partial charge in [-0.1, -0.05) is 0 Å². The molecule has 6 heteroatoms. The van der Waals surface area contributed by atoms with Gasteiger partial charge in [0, 0.05) is 25.7 Å².